The van der Waals surface area contributed by atoms with Crippen molar-refractivity contribution in [3.05, 3.63) is 12.2 Å². The van der Waals surface area contributed by atoms with E-state index in [0.717, 1.165) is 25.9 Å². The molecule has 19 heavy (non-hydrogen) atoms. The van der Waals surface area contributed by atoms with E-state index >= 15 is 0 Å². The van der Waals surface area contributed by atoms with Crippen LogP contribution < -0.4 is 5.73 Å². The molecule has 3 nitrogen and oxygen atoms in total. The Bertz CT molecular complexity index is 366. The third-order valence-corrected chi connectivity index (χ3v) is 5.09. The lowest BCUT2D eigenvalue weighted by Gasteiger charge is -2.45. The summed E-state index contributed by atoms with van der Waals surface area (Å²) in [5.41, 5.74) is 6.33. The topological polar surface area (TPSA) is 44.5 Å². The molecule has 1 saturated heterocycles. The average Bonchev–Trinajstić information content (AvgIpc) is 2.87. The molecule has 0 aromatic heterocycles. The lowest BCUT2D eigenvalue weighted by Crippen LogP contribution is -2.48. The third-order valence-electron chi connectivity index (χ3n) is 5.09. The van der Waals surface area contributed by atoms with Crippen molar-refractivity contribution in [1.29, 1.82) is 0 Å². The quantitative estimate of drug-likeness (QED) is 0.797. The van der Waals surface area contributed by atoms with E-state index in [1.165, 1.54) is 0 Å². The van der Waals surface area contributed by atoms with Gasteiger partial charge < -0.3 is 15.2 Å². The van der Waals surface area contributed by atoms with Crippen LogP contribution in [0.4, 0.5) is 0 Å². The van der Waals surface area contributed by atoms with Crippen molar-refractivity contribution in [2.75, 3.05) is 6.61 Å². The Morgan fingerprint density at radius 1 is 1.32 bits per heavy atom. The van der Waals surface area contributed by atoms with Crippen LogP contribution in [0, 0.1) is 17.3 Å². The molecule has 0 amide bonds. The minimum atomic E-state index is 0.186. The molecule has 3 rings (SSSR count). The van der Waals surface area contributed by atoms with Crippen molar-refractivity contribution in [1.82, 2.24) is 0 Å². The molecule has 3 heteroatoms. The van der Waals surface area contributed by atoms with E-state index in [4.69, 9.17) is 15.2 Å². The van der Waals surface area contributed by atoms with E-state index in [2.05, 4.69) is 32.9 Å². The molecule has 2 fully saturated rings. The molecule has 3 aliphatic rings. The molecule has 6 atom stereocenters. The van der Waals surface area contributed by atoms with Crippen LogP contribution in [0.3, 0.4) is 0 Å². The molecule has 0 aromatic carbocycles. The molecule has 0 radical (unpaired) electrons. The Labute approximate surface area is 116 Å². The van der Waals surface area contributed by atoms with Gasteiger partial charge in [0.25, 0.3) is 0 Å². The fourth-order valence-electron chi connectivity index (χ4n) is 4.39. The molecule has 2 heterocycles. The van der Waals surface area contributed by atoms with Crippen molar-refractivity contribution >= 4 is 0 Å². The Morgan fingerprint density at radius 2 is 2.11 bits per heavy atom. The van der Waals surface area contributed by atoms with Crippen molar-refractivity contribution in [3.63, 3.8) is 0 Å². The summed E-state index contributed by atoms with van der Waals surface area (Å²) >= 11 is 0. The van der Waals surface area contributed by atoms with E-state index < -0.39 is 0 Å². The third kappa shape index (κ3) is 2.61. The van der Waals surface area contributed by atoms with Crippen molar-refractivity contribution < 1.29 is 9.47 Å². The second kappa shape index (κ2) is 4.87. The molecule has 2 aliphatic heterocycles. The maximum absolute atomic E-state index is 6.33. The van der Waals surface area contributed by atoms with Gasteiger partial charge in [0.05, 0.1) is 24.9 Å². The summed E-state index contributed by atoms with van der Waals surface area (Å²) in [4.78, 5) is 0. The van der Waals surface area contributed by atoms with E-state index in [0.29, 0.717) is 36.2 Å². The summed E-state index contributed by atoms with van der Waals surface area (Å²) in [6, 6.07) is 0.332. The van der Waals surface area contributed by atoms with E-state index in [1.54, 1.807) is 0 Å². The SMILES string of the molecule is CC1CC(N)CC(C)(C)C1OCC1CC2C=CC1O2. The number of hydrogen-bond donors (Lipinski definition) is 1. The minimum absolute atomic E-state index is 0.186. The Balaban J connectivity index is 1.58. The first-order valence-corrected chi connectivity index (χ1v) is 7.66. The van der Waals surface area contributed by atoms with Crippen LogP contribution in [0.2, 0.25) is 0 Å². The van der Waals surface area contributed by atoms with Gasteiger partial charge in [0.1, 0.15) is 0 Å². The summed E-state index contributed by atoms with van der Waals surface area (Å²) in [7, 11) is 0. The lowest BCUT2D eigenvalue weighted by atomic mass is 9.68. The highest BCUT2D eigenvalue weighted by Crippen LogP contribution is 2.41. The number of fused-ring (bicyclic) bond motifs is 2. The van der Waals surface area contributed by atoms with Crippen LogP contribution in [-0.2, 0) is 9.47 Å². The van der Waals surface area contributed by atoms with E-state index in [9.17, 15) is 0 Å². The predicted molar refractivity (Wildman–Crippen MR) is 75.8 cm³/mol. The monoisotopic (exact) mass is 265 g/mol. The van der Waals surface area contributed by atoms with Gasteiger partial charge in [0, 0.05) is 12.0 Å². The molecule has 6 unspecified atom stereocenters. The summed E-state index contributed by atoms with van der Waals surface area (Å²) in [5.74, 6) is 1.10. The van der Waals surface area contributed by atoms with Crippen LogP contribution in [0.25, 0.3) is 0 Å². The number of hydrogen-bond acceptors (Lipinski definition) is 3. The highest BCUT2D eigenvalue weighted by molar-refractivity contribution is 5.10. The van der Waals surface area contributed by atoms with Crippen LogP contribution in [0.1, 0.15) is 40.0 Å². The molecule has 2 N–H and O–H groups in total. The fourth-order valence-corrected chi connectivity index (χ4v) is 4.39. The summed E-state index contributed by atoms with van der Waals surface area (Å²) in [6.45, 7) is 7.70. The highest BCUT2D eigenvalue weighted by Gasteiger charge is 2.43. The van der Waals surface area contributed by atoms with E-state index in [1.807, 2.05) is 0 Å². The van der Waals surface area contributed by atoms with Crippen molar-refractivity contribution in [2.45, 2.75) is 64.4 Å². The summed E-state index contributed by atoms with van der Waals surface area (Å²) < 4.78 is 12.1. The minimum Gasteiger partial charge on any atom is -0.377 e. The van der Waals surface area contributed by atoms with Crippen LogP contribution in [0.5, 0.6) is 0 Å². The number of ether oxygens (including phenoxy) is 2. The van der Waals surface area contributed by atoms with Gasteiger partial charge in [-0.25, -0.2) is 0 Å². The number of nitrogens with two attached hydrogens (primary N) is 1. The van der Waals surface area contributed by atoms with Gasteiger partial charge in [0.15, 0.2) is 0 Å². The van der Waals surface area contributed by atoms with Gasteiger partial charge in [-0.05, 0) is 30.6 Å². The first kappa shape index (κ1) is 13.6. The molecule has 1 aliphatic carbocycles. The standard InChI is InChI=1S/C16H27NO2/c1-10-6-12(17)8-16(2,3)15(10)18-9-11-7-13-4-5-14(11)19-13/h4-5,10-15H,6-9,17H2,1-3H3. The molecule has 1 saturated carbocycles. The maximum Gasteiger partial charge on any atom is 0.0816 e. The Hall–Kier alpha value is -0.380. The lowest BCUT2D eigenvalue weighted by molar-refractivity contribution is -0.0980. The number of rotatable bonds is 3. The van der Waals surface area contributed by atoms with Gasteiger partial charge in [-0.15, -0.1) is 0 Å². The van der Waals surface area contributed by atoms with Crippen LogP contribution in [-0.4, -0.2) is 31.0 Å². The zero-order valence-electron chi connectivity index (χ0n) is 12.3. The van der Waals surface area contributed by atoms with Gasteiger partial charge in [-0.2, -0.15) is 0 Å². The highest BCUT2D eigenvalue weighted by atomic mass is 16.5. The zero-order valence-corrected chi connectivity index (χ0v) is 12.3. The summed E-state index contributed by atoms with van der Waals surface area (Å²) in [6.07, 6.45) is 8.65. The fraction of sp³-hybridized carbons (Fsp3) is 0.875. The Kier molecular flexibility index (Phi) is 3.48. The second-order valence-corrected chi connectivity index (χ2v) is 7.44. The zero-order chi connectivity index (χ0) is 13.6. The van der Waals surface area contributed by atoms with Gasteiger partial charge in [-0.3, -0.25) is 0 Å². The van der Waals surface area contributed by atoms with Crippen LogP contribution in [0.15, 0.2) is 12.2 Å². The summed E-state index contributed by atoms with van der Waals surface area (Å²) in [5, 5.41) is 0. The average molecular weight is 265 g/mol. The van der Waals surface area contributed by atoms with Gasteiger partial charge in [0.2, 0.25) is 0 Å². The first-order valence-electron chi connectivity index (χ1n) is 7.66. The van der Waals surface area contributed by atoms with E-state index in [-0.39, 0.29) is 5.41 Å². The van der Waals surface area contributed by atoms with Crippen LogP contribution >= 0.6 is 0 Å². The second-order valence-electron chi connectivity index (χ2n) is 7.44. The molecule has 108 valence electrons. The van der Waals surface area contributed by atoms with Crippen molar-refractivity contribution in [2.24, 2.45) is 23.0 Å². The maximum atomic E-state index is 6.33. The largest absolute Gasteiger partial charge is 0.377 e. The Morgan fingerprint density at radius 3 is 2.68 bits per heavy atom. The molecule has 0 spiro atoms. The molecule has 0 aromatic rings. The molecular weight excluding hydrogens is 238 g/mol. The smallest absolute Gasteiger partial charge is 0.0816 e. The van der Waals surface area contributed by atoms with Crippen molar-refractivity contribution in [3.8, 4) is 0 Å². The predicted octanol–water partition coefficient (Wildman–Crippen LogP) is 2.50. The molecular formula is C16H27NO2. The first-order chi connectivity index (χ1) is 8.95. The molecule has 2 bridgehead atoms. The normalized spacial score (nSPS) is 47.8. The van der Waals surface area contributed by atoms with Gasteiger partial charge in [-0.1, -0.05) is 32.9 Å². The van der Waals surface area contributed by atoms with Gasteiger partial charge >= 0.3 is 0 Å².